The molecule has 2 aliphatic heterocycles. The monoisotopic (exact) mass is 493 g/mol. The SMILES string of the molecule is CCc1cc(N2CCC3(CC2)C(=O)N(CC(C)C)C(=O)N3CCc2ccc(OC)cc2)ccc1OC. The molecule has 4 rings (SSSR count). The van der Waals surface area contributed by atoms with E-state index in [1.54, 1.807) is 14.2 Å². The molecule has 2 aliphatic rings. The maximum absolute atomic E-state index is 13.8. The van der Waals surface area contributed by atoms with Crippen molar-refractivity contribution < 1.29 is 19.1 Å². The number of carbonyl (C=O) groups excluding carboxylic acids is 2. The van der Waals surface area contributed by atoms with E-state index in [9.17, 15) is 9.59 Å². The quantitative estimate of drug-likeness (QED) is 0.471. The van der Waals surface area contributed by atoms with Gasteiger partial charge in [-0.1, -0.05) is 32.9 Å². The van der Waals surface area contributed by atoms with Gasteiger partial charge in [-0.2, -0.15) is 0 Å². The molecule has 0 aromatic heterocycles. The molecular weight excluding hydrogens is 454 g/mol. The number of aryl methyl sites for hydroxylation is 1. The van der Waals surface area contributed by atoms with E-state index < -0.39 is 5.54 Å². The first-order valence-corrected chi connectivity index (χ1v) is 13.0. The fourth-order valence-electron chi connectivity index (χ4n) is 5.51. The van der Waals surface area contributed by atoms with Gasteiger partial charge in [-0.25, -0.2) is 4.79 Å². The van der Waals surface area contributed by atoms with Gasteiger partial charge in [0.25, 0.3) is 5.91 Å². The number of anilines is 1. The molecule has 0 N–H and O–H groups in total. The van der Waals surface area contributed by atoms with Crippen LogP contribution < -0.4 is 14.4 Å². The third kappa shape index (κ3) is 4.88. The van der Waals surface area contributed by atoms with Crippen LogP contribution in [0.5, 0.6) is 11.5 Å². The first-order valence-electron chi connectivity index (χ1n) is 13.0. The standard InChI is InChI=1S/C29H39N3O4/c1-6-23-19-24(9-12-26(23)36-5)30-17-14-29(15-18-30)27(33)31(20-21(2)3)28(34)32(29)16-13-22-7-10-25(35-4)11-8-22/h7-12,19,21H,6,13-18,20H2,1-5H3. The van der Waals surface area contributed by atoms with E-state index in [1.165, 1.54) is 10.5 Å². The Morgan fingerprint density at radius 3 is 2.25 bits per heavy atom. The predicted octanol–water partition coefficient (Wildman–Crippen LogP) is 4.77. The zero-order chi connectivity index (χ0) is 25.9. The first-order chi connectivity index (χ1) is 17.3. The van der Waals surface area contributed by atoms with Crippen molar-refractivity contribution in [3.05, 3.63) is 53.6 Å². The molecule has 194 valence electrons. The molecule has 0 saturated carbocycles. The van der Waals surface area contributed by atoms with E-state index in [-0.39, 0.29) is 17.9 Å². The lowest BCUT2D eigenvalue weighted by Gasteiger charge is -2.43. The van der Waals surface area contributed by atoms with Crippen molar-refractivity contribution in [1.29, 1.82) is 0 Å². The van der Waals surface area contributed by atoms with Crippen molar-refractivity contribution >= 4 is 17.6 Å². The van der Waals surface area contributed by atoms with E-state index in [1.807, 2.05) is 49.1 Å². The van der Waals surface area contributed by atoms with Crippen LogP contribution in [0.1, 0.15) is 44.7 Å². The molecule has 2 saturated heterocycles. The van der Waals surface area contributed by atoms with Crippen molar-refractivity contribution in [3.63, 3.8) is 0 Å². The highest BCUT2D eigenvalue weighted by atomic mass is 16.5. The Morgan fingerprint density at radius 2 is 1.67 bits per heavy atom. The number of ether oxygens (including phenoxy) is 2. The molecule has 0 radical (unpaired) electrons. The Balaban J connectivity index is 1.54. The van der Waals surface area contributed by atoms with Gasteiger partial charge >= 0.3 is 6.03 Å². The van der Waals surface area contributed by atoms with E-state index in [2.05, 4.69) is 24.0 Å². The third-order valence-corrected chi connectivity index (χ3v) is 7.55. The van der Waals surface area contributed by atoms with Gasteiger partial charge in [-0.3, -0.25) is 9.69 Å². The highest BCUT2D eigenvalue weighted by Crippen LogP contribution is 2.39. The number of carbonyl (C=O) groups is 2. The Bertz CT molecular complexity index is 1070. The van der Waals surface area contributed by atoms with Gasteiger partial charge in [0.2, 0.25) is 0 Å². The number of amides is 3. The summed E-state index contributed by atoms with van der Waals surface area (Å²) in [5.41, 5.74) is 2.67. The molecule has 2 fully saturated rings. The number of hydrogen-bond donors (Lipinski definition) is 0. The average molecular weight is 494 g/mol. The minimum Gasteiger partial charge on any atom is -0.497 e. The lowest BCUT2D eigenvalue weighted by molar-refractivity contribution is -0.134. The molecule has 0 aliphatic carbocycles. The predicted molar refractivity (Wildman–Crippen MR) is 142 cm³/mol. The molecule has 2 aromatic carbocycles. The summed E-state index contributed by atoms with van der Waals surface area (Å²) in [6, 6.07) is 14.1. The summed E-state index contributed by atoms with van der Waals surface area (Å²) in [5.74, 6) is 1.91. The topological polar surface area (TPSA) is 62.3 Å². The number of rotatable bonds is 9. The summed E-state index contributed by atoms with van der Waals surface area (Å²) in [6.45, 7) is 8.65. The Labute approximate surface area is 215 Å². The Hall–Kier alpha value is -3.22. The zero-order valence-electron chi connectivity index (χ0n) is 22.3. The molecule has 3 amide bonds. The lowest BCUT2D eigenvalue weighted by Crippen LogP contribution is -2.57. The number of urea groups is 1. The smallest absolute Gasteiger partial charge is 0.327 e. The fraction of sp³-hybridized carbons (Fsp3) is 0.517. The minimum atomic E-state index is -0.769. The number of imide groups is 1. The van der Waals surface area contributed by atoms with Gasteiger partial charge in [0, 0.05) is 31.9 Å². The number of nitrogens with zero attached hydrogens (tertiary/aromatic N) is 3. The van der Waals surface area contributed by atoms with Gasteiger partial charge in [0.15, 0.2) is 0 Å². The van der Waals surface area contributed by atoms with Crippen molar-refractivity contribution in [1.82, 2.24) is 9.80 Å². The second-order valence-electron chi connectivity index (χ2n) is 10.2. The van der Waals surface area contributed by atoms with Crippen LogP contribution in [-0.2, 0) is 17.6 Å². The molecule has 1 spiro atoms. The van der Waals surface area contributed by atoms with Crippen molar-refractivity contribution in [2.45, 2.75) is 52.0 Å². The van der Waals surface area contributed by atoms with Crippen molar-refractivity contribution in [2.24, 2.45) is 5.92 Å². The van der Waals surface area contributed by atoms with Crippen molar-refractivity contribution in [2.75, 3.05) is 45.3 Å². The molecule has 36 heavy (non-hydrogen) atoms. The van der Waals surface area contributed by atoms with Crippen LogP contribution in [0, 0.1) is 5.92 Å². The normalized spacial score (nSPS) is 17.4. The molecule has 0 bridgehead atoms. The summed E-state index contributed by atoms with van der Waals surface area (Å²) in [6.07, 6.45) is 2.85. The van der Waals surface area contributed by atoms with Crippen LogP contribution in [0.15, 0.2) is 42.5 Å². The van der Waals surface area contributed by atoms with Crippen LogP contribution >= 0.6 is 0 Å². The Morgan fingerprint density at radius 1 is 0.972 bits per heavy atom. The fourth-order valence-corrected chi connectivity index (χ4v) is 5.51. The zero-order valence-corrected chi connectivity index (χ0v) is 22.3. The van der Waals surface area contributed by atoms with Crippen LogP contribution in [0.2, 0.25) is 0 Å². The average Bonchev–Trinajstić information content (AvgIpc) is 3.08. The van der Waals surface area contributed by atoms with Crippen molar-refractivity contribution in [3.8, 4) is 11.5 Å². The summed E-state index contributed by atoms with van der Waals surface area (Å²) in [5, 5.41) is 0. The summed E-state index contributed by atoms with van der Waals surface area (Å²) >= 11 is 0. The first kappa shape index (κ1) is 25.9. The number of hydrogen-bond acceptors (Lipinski definition) is 5. The van der Waals surface area contributed by atoms with Gasteiger partial charge in [-0.05, 0) is 73.1 Å². The van der Waals surface area contributed by atoms with E-state index in [4.69, 9.17) is 9.47 Å². The highest BCUT2D eigenvalue weighted by Gasteiger charge is 2.57. The van der Waals surface area contributed by atoms with E-state index >= 15 is 0 Å². The second-order valence-corrected chi connectivity index (χ2v) is 10.2. The van der Waals surface area contributed by atoms with Crippen LogP contribution in [0.25, 0.3) is 0 Å². The summed E-state index contributed by atoms with van der Waals surface area (Å²) in [4.78, 5) is 33.0. The van der Waals surface area contributed by atoms with Gasteiger partial charge in [-0.15, -0.1) is 0 Å². The molecule has 0 atom stereocenters. The van der Waals surface area contributed by atoms with Gasteiger partial charge in [0.1, 0.15) is 17.0 Å². The molecule has 0 unspecified atom stereocenters. The van der Waals surface area contributed by atoms with E-state index in [0.29, 0.717) is 32.4 Å². The summed E-state index contributed by atoms with van der Waals surface area (Å²) < 4.78 is 10.8. The molecule has 2 heterocycles. The molecule has 2 aromatic rings. The number of benzene rings is 2. The largest absolute Gasteiger partial charge is 0.497 e. The lowest BCUT2D eigenvalue weighted by atomic mass is 9.85. The van der Waals surface area contributed by atoms with Crippen LogP contribution in [0.4, 0.5) is 10.5 Å². The van der Waals surface area contributed by atoms with Crippen LogP contribution in [-0.4, -0.2) is 67.7 Å². The van der Waals surface area contributed by atoms with Crippen LogP contribution in [0.3, 0.4) is 0 Å². The van der Waals surface area contributed by atoms with Gasteiger partial charge < -0.3 is 19.3 Å². The second kappa shape index (κ2) is 10.8. The molecule has 7 nitrogen and oxygen atoms in total. The maximum atomic E-state index is 13.8. The number of piperidine rings is 1. The maximum Gasteiger partial charge on any atom is 0.327 e. The molecule has 7 heteroatoms. The van der Waals surface area contributed by atoms with E-state index in [0.717, 1.165) is 42.3 Å². The third-order valence-electron chi connectivity index (χ3n) is 7.55. The van der Waals surface area contributed by atoms with Gasteiger partial charge in [0.05, 0.1) is 14.2 Å². The summed E-state index contributed by atoms with van der Waals surface area (Å²) in [7, 11) is 3.35. The minimum absolute atomic E-state index is 0.0282. The highest BCUT2D eigenvalue weighted by molar-refractivity contribution is 6.07. The Kier molecular flexibility index (Phi) is 7.76. The molecular formula is C29H39N3O4. The number of methoxy groups -OCH3 is 2.